The van der Waals surface area contributed by atoms with Gasteiger partial charge < -0.3 is 20.7 Å². The molecule has 4 N–H and O–H groups in total. The van der Waals surface area contributed by atoms with Crippen LogP contribution in [0.5, 0.6) is 0 Å². The van der Waals surface area contributed by atoms with Crippen molar-refractivity contribution >= 4 is 34.5 Å². The zero-order valence-electron chi connectivity index (χ0n) is 14.4. The van der Waals surface area contributed by atoms with Crippen molar-refractivity contribution < 1.29 is 19.5 Å². The van der Waals surface area contributed by atoms with E-state index in [-0.39, 0.29) is 25.3 Å². The van der Waals surface area contributed by atoms with Crippen LogP contribution in [-0.2, 0) is 16.0 Å². The van der Waals surface area contributed by atoms with Gasteiger partial charge in [-0.25, -0.2) is 4.98 Å². The minimum Gasteiger partial charge on any atom is -0.481 e. The second-order valence-electron chi connectivity index (χ2n) is 5.91. The van der Waals surface area contributed by atoms with Gasteiger partial charge in [0.05, 0.1) is 23.9 Å². The van der Waals surface area contributed by atoms with Crippen LogP contribution in [0.4, 0.5) is 5.69 Å². The molecule has 27 heavy (non-hydrogen) atoms. The third-order valence-corrected chi connectivity index (χ3v) is 3.80. The molecule has 3 rings (SSSR count). The van der Waals surface area contributed by atoms with Gasteiger partial charge in [-0.3, -0.25) is 14.4 Å². The molecule has 138 valence electrons. The van der Waals surface area contributed by atoms with E-state index >= 15 is 0 Å². The summed E-state index contributed by atoms with van der Waals surface area (Å²) in [6.45, 7) is 0.0385. The van der Waals surface area contributed by atoms with E-state index in [1.54, 1.807) is 18.2 Å². The normalized spacial score (nSPS) is 10.5. The summed E-state index contributed by atoms with van der Waals surface area (Å²) in [5.74, 6) is -1.10. The number of para-hydroxylation sites is 2. The molecule has 0 bridgehead atoms. The summed E-state index contributed by atoms with van der Waals surface area (Å²) >= 11 is 0. The van der Waals surface area contributed by atoms with Crippen LogP contribution in [0, 0.1) is 0 Å². The molecule has 0 aliphatic carbocycles. The van der Waals surface area contributed by atoms with Crippen molar-refractivity contribution in [2.45, 2.75) is 12.8 Å². The Morgan fingerprint density at radius 3 is 2.67 bits per heavy atom. The van der Waals surface area contributed by atoms with Crippen molar-refractivity contribution in [1.29, 1.82) is 0 Å². The minimum absolute atomic E-state index is 0.0385. The number of imidazole rings is 1. The molecule has 2 aromatic carbocycles. The van der Waals surface area contributed by atoms with Crippen LogP contribution in [0.1, 0.15) is 22.6 Å². The Hall–Kier alpha value is -3.68. The predicted octanol–water partition coefficient (Wildman–Crippen LogP) is 1.95. The molecule has 0 aliphatic rings. The fraction of sp³-hybridized carbons (Fsp3) is 0.158. The highest BCUT2D eigenvalue weighted by atomic mass is 16.4. The molecule has 0 unspecified atom stereocenters. The molecule has 1 heterocycles. The van der Waals surface area contributed by atoms with E-state index in [1.165, 1.54) is 6.07 Å². The first kappa shape index (κ1) is 18.1. The second kappa shape index (κ2) is 8.13. The molecule has 0 atom stereocenters. The lowest BCUT2D eigenvalue weighted by atomic mass is 10.2. The highest BCUT2D eigenvalue weighted by molar-refractivity contribution is 5.97. The Bertz CT molecular complexity index is 963. The highest BCUT2D eigenvalue weighted by Gasteiger charge is 2.11. The number of hydrogen-bond donors (Lipinski definition) is 4. The molecule has 0 aliphatic heterocycles. The summed E-state index contributed by atoms with van der Waals surface area (Å²) in [7, 11) is 0. The number of carboxylic acids is 1. The fourth-order valence-corrected chi connectivity index (χ4v) is 2.57. The predicted molar refractivity (Wildman–Crippen MR) is 99.5 cm³/mol. The van der Waals surface area contributed by atoms with Crippen molar-refractivity contribution in [3.8, 4) is 0 Å². The van der Waals surface area contributed by atoms with Crippen molar-refractivity contribution in [3.05, 3.63) is 59.9 Å². The van der Waals surface area contributed by atoms with Gasteiger partial charge in [-0.05, 0) is 30.3 Å². The number of benzene rings is 2. The third-order valence-electron chi connectivity index (χ3n) is 3.80. The van der Waals surface area contributed by atoms with E-state index < -0.39 is 11.9 Å². The van der Waals surface area contributed by atoms with E-state index in [9.17, 15) is 14.4 Å². The number of rotatable bonds is 7. The van der Waals surface area contributed by atoms with Crippen LogP contribution >= 0.6 is 0 Å². The summed E-state index contributed by atoms with van der Waals surface area (Å²) in [5.41, 5.74) is 2.46. The number of anilines is 1. The number of nitrogens with one attached hydrogen (secondary N) is 3. The average molecular weight is 366 g/mol. The van der Waals surface area contributed by atoms with Gasteiger partial charge >= 0.3 is 5.97 Å². The minimum atomic E-state index is -0.984. The summed E-state index contributed by atoms with van der Waals surface area (Å²) in [5, 5.41) is 13.9. The summed E-state index contributed by atoms with van der Waals surface area (Å²) in [6.07, 6.45) is -0.0800. The summed E-state index contributed by atoms with van der Waals surface area (Å²) in [6, 6.07) is 13.9. The zero-order chi connectivity index (χ0) is 19.2. The van der Waals surface area contributed by atoms with Crippen molar-refractivity contribution in [1.82, 2.24) is 15.3 Å². The molecule has 0 saturated carbocycles. The molecule has 0 spiro atoms. The third kappa shape index (κ3) is 4.91. The summed E-state index contributed by atoms with van der Waals surface area (Å²) < 4.78 is 0. The van der Waals surface area contributed by atoms with Crippen LogP contribution in [0.25, 0.3) is 11.0 Å². The number of carbonyl (C=O) groups is 3. The molecular weight excluding hydrogens is 348 g/mol. The van der Waals surface area contributed by atoms with Crippen molar-refractivity contribution in [3.63, 3.8) is 0 Å². The fourth-order valence-electron chi connectivity index (χ4n) is 2.57. The number of hydrogen-bond acceptors (Lipinski definition) is 4. The average Bonchev–Trinajstić information content (AvgIpc) is 3.03. The van der Waals surface area contributed by atoms with Crippen molar-refractivity contribution in [2.24, 2.45) is 0 Å². The monoisotopic (exact) mass is 366 g/mol. The molecule has 0 fully saturated rings. The number of aliphatic carboxylic acids is 1. The van der Waals surface area contributed by atoms with E-state index in [4.69, 9.17) is 5.11 Å². The topological polar surface area (TPSA) is 124 Å². The molecule has 0 radical (unpaired) electrons. The molecule has 8 heteroatoms. The van der Waals surface area contributed by atoms with E-state index in [1.807, 2.05) is 24.3 Å². The molecule has 0 saturated heterocycles. The number of carboxylic acid groups (broad SMARTS) is 1. The second-order valence-corrected chi connectivity index (χ2v) is 5.91. The van der Waals surface area contributed by atoms with E-state index in [0.29, 0.717) is 17.1 Å². The smallest absolute Gasteiger partial charge is 0.305 e. The highest BCUT2D eigenvalue weighted by Crippen LogP contribution is 2.13. The Labute approximate surface area is 154 Å². The molecule has 2 amide bonds. The lowest BCUT2D eigenvalue weighted by Crippen LogP contribution is -2.26. The van der Waals surface area contributed by atoms with Gasteiger partial charge in [-0.1, -0.05) is 18.2 Å². The number of aromatic nitrogens is 2. The SMILES string of the molecule is O=C(O)CCNC(=O)c1cccc(NC(=O)Cc2nc3ccccc3[nH]2)c1. The summed E-state index contributed by atoms with van der Waals surface area (Å²) in [4.78, 5) is 42.2. The van der Waals surface area contributed by atoms with Crippen LogP contribution < -0.4 is 10.6 Å². The maximum atomic E-state index is 12.2. The molecular formula is C19H18N4O4. The van der Waals surface area contributed by atoms with Gasteiger partial charge in [0.1, 0.15) is 5.82 Å². The largest absolute Gasteiger partial charge is 0.481 e. The van der Waals surface area contributed by atoms with Gasteiger partial charge in [0.15, 0.2) is 0 Å². The van der Waals surface area contributed by atoms with Crippen LogP contribution in [0.2, 0.25) is 0 Å². The molecule has 3 aromatic rings. The number of H-pyrrole nitrogens is 1. The maximum absolute atomic E-state index is 12.2. The Morgan fingerprint density at radius 2 is 1.89 bits per heavy atom. The van der Waals surface area contributed by atoms with Gasteiger partial charge in [0.25, 0.3) is 5.91 Å². The quantitative estimate of drug-likeness (QED) is 0.509. The van der Waals surface area contributed by atoms with Gasteiger partial charge in [0, 0.05) is 17.8 Å². The molecule has 8 nitrogen and oxygen atoms in total. The Balaban J connectivity index is 1.60. The van der Waals surface area contributed by atoms with Gasteiger partial charge in [-0.2, -0.15) is 0 Å². The van der Waals surface area contributed by atoms with Gasteiger partial charge in [0.2, 0.25) is 5.91 Å². The van der Waals surface area contributed by atoms with Gasteiger partial charge in [-0.15, -0.1) is 0 Å². The number of amides is 2. The first-order valence-corrected chi connectivity index (χ1v) is 8.35. The maximum Gasteiger partial charge on any atom is 0.305 e. The first-order valence-electron chi connectivity index (χ1n) is 8.35. The Morgan fingerprint density at radius 1 is 1.07 bits per heavy atom. The molecule has 1 aromatic heterocycles. The van der Waals surface area contributed by atoms with Crippen LogP contribution in [0.3, 0.4) is 0 Å². The van der Waals surface area contributed by atoms with Crippen molar-refractivity contribution in [2.75, 3.05) is 11.9 Å². The van der Waals surface area contributed by atoms with E-state index in [0.717, 1.165) is 11.0 Å². The standard InChI is InChI=1S/C19H18N4O4/c24-17(11-16-22-14-6-1-2-7-15(14)23-16)21-13-5-3-4-12(10-13)19(27)20-9-8-18(25)26/h1-7,10H,8-9,11H2,(H,20,27)(H,21,24)(H,22,23)(H,25,26). The zero-order valence-corrected chi connectivity index (χ0v) is 14.4. The number of carbonyl (C=O) groups excluding carboxylic acids is 2. The number of nitrogens with zero attached hydrogens (tertiary/aromatic N) is 1. The number of fused-ring (bicyclic) bond motifs is 1. The lowest BCUT2D eigenvalue weighted by molar-refractivity contribution is -0.136. The van der Waals surface area contributed by atoms with Crippen LogP contribution in [-0.4, -0.2) is 39.4 Å². The Kier molecular flexibility index (Phi) is 5.46. The number of aromatic amines is 1. The van der Waals surface area contributed by atoms with E-state index in [2.05, 4.69) is 20.6 Å². The van der Waals surface area contributed by atoms with Crippen LogP contribution in [0.15, 0.2) is 48.5 Å². The first-order chi connectivity index (χ1) is 13.0. The lowest BCUT2D eigenvalue weighted by Gasteiger charge is -2.07.